The monoisotopic (exact) mass is 952 g/mol. The highest BCUT2D eigenvalue weighted by Crippen LogP contribution is 2.50. The van der Waals surface area contributed by atoms with Crippen LogP contribution in [0.3, 0.4) is 0 Å². The summed E-state index contributed by atoms with van der Waals surface area (Å²) in [5.74, 6) is -2.29. The van der Waals surface area contributed by atoms with E-state index >= 15 is 0 Å². The number of halogens is 8. The van der Waals surface area contributed by atoms with Crippen molar-refractivity contribution < 1.29 is 67.2 Å². The molecule has 0 amide bonds. The molecule has 2 aromatic rings. The van der Waals surface area contributed by atoms with E-state index in [1.54, 1.807) is 0 Å². The second kappa shape index (κ2) is 16.1. The van der Waals surface area contributed by atoms with Crippen molar-refractivity contribution >= 4 is 51.5 Å². The maximum absolute atomic E-state index is 14.2. The summed E-state index contributed by atoms with van der Waals surface area (Å²) in [6.45, 7) is -1.51. The van der Waals surface area contributed by atoms with Crippen molar-refractivity contribution in [1.29, 1.82) is 0 Å². The summed E-state index contributed by atoms with van der Waals surface area (Å²) in [7, 11) is -7.54. The fraction of sp³-hybridized carbons (Fsp3) is 0.375. The minimum atomic E-state index is -5.11. The average Bonchev–Trinajstić information content (AvgIpc) is 3.06. The topological polar surface area (TPSA) is 182 Å². The number of benzene rings is 2. The second-order valence-electron chi connectivity index (χ2n) is 12.2. The van der Waals surface area contributed by atoms with Crippen molar-refractivity contribution in [1.82, 2.24) is 0 Å². The van der Waals surface area contributed by atoms with Crippen LogP contribution in [-0.2, 0) is 57.3 Å². The second-order valence-corrected chi connectivity index (χ2v) is 18.4. The van der Waals surface area contributed by atoms with Crippen molar-refractivity contribution in [3.05, 3.63) is 136 Å². The highest BCUT2D eigenvalue weighted by molar-refractivity contribution is 9.12. The number of allylic oxidation sites excluding steroid dienone is 2. The van der Waals surface area contributed by atoms with E-state index in [1.807, 2.05) is 0 Å². The molecule has 0 N–H and O–H groups in total. The highest BCUT2D eigenvalue weighted by atomic mass is 79.9. The Bertz CT molecular complexity index is 2060. The molecule has 0 radical (unpaired) electrons. The van der Waals surface area contributed by atoms with Crippen LogP contribution in [0, 0.1) is 20.2 Å². The Kier molecular flexibility index (Phi) is 12.9. The van der Waals surface area contributed by atoms with E-state index < -0.39 is 133 Å². The zero-order valence-corrected chi connectivity index (χ0v) is 32.9. The molecule has 2 aliphatic rings. The molecule has 2 aromatic carbocycles. The van der Waals surface area contributed by atoms with Crippen molar-refractivity contribution in [2.75, 3.05) is 37.2 Å². The number of alkyl halides is 6. The summed E-state index contributed by atoms with van der Waals surface area (Å²) in [6.07, 6.45) is -9.51. The summed E-state index contributed by atoms with van der Waals surface area (Å²) < 4.78 is 149. The Balaban J connectivity index is 1.92. The molecule has 13 nitrogen and oxygen atoms in total. The maximum Gasteiger partial charge on any atom is 0.416 e. The first-order chi connectivity index (χ1) is 25.3. The van der Waals surface area contributed by atoms with Crippen LogP contribution >= 0.6 is 31.9 Å². The minimum Gasteiger partial charge on any atom is -0.455 e. The fourth-order valence-corrected chi connectivity index (χ4v) is 8.02. The van der Waals surface area contributed by atoms with Crippen LogP contribution in [0.4, 0.5) is 26.3 Å². The number of hydrogen-bond acceptors (Lipinski definition) is 11. The largest absolute Gasteiger partial charge is 0.455 e. The van der Waals surface area contributed by atoms with E-state index in [0.717, 1.165) is 61.1 Å². The quantitative estimate of drug-likeness (QED) is 0.113. The molecule has 0 saturated heterocycles. The number of rotatable bonds is 14. The first kappa shape index (κ1) is 44.1. The smallest absolute Gasteiger partial charge is 0.416 e. The van der Waals surface area contributed by atoms with Gasteiger partial charge in [-0.2, -0.15) is 26.3 Å². The lowest BCUT2D eigenvalue weighted by Gasteiger charge is -2.37. The minimum absolute atomic E-state index is 0.429. The molecule has 300 valence electrons. The number of nitrogens with zero attached hydrogens (tertiary/aromatic N) is 2. The SMILES string of the molecule is CS(=O)(=O)CCOC1C(Br)=C(OC2=C(Br)C(OCCS(C)(=O)=O)C(c3ccccc3C(F)(F)F)([N+](=O)[O-])C=C2)C=CC1(c1ccccc1C(F)(F)F)[N+](=O)[O-]. The van der Waals surface area contributed by atoms with Gasteiger partial charge >= 0.3 is 12.4 Å². The fourth-order valence-electron chi connectivity index (χ4n) is 5.83. The van der Waals surface area contributed by atoms with Crippen LogP contribution in [0.15, 0.2) is 93.3 Å². The van der Waals surface area contributed by atoms with E-state index in [4.69, 9.17) is 14.2 Å². The van der Waals surface area contributed by atoms with Gasteiger partial charge in [0.25, 0.3) is 11.1 Å². The third-order valence-corrected chi connectivity index (χ3v) is 11.8. The Hall–Kier alpha value is -3.64. The first-order valence-corrected chi connectivity index (χ1v) is 21.0. The van der Waals surface area contributed by atoms with Crippen LogP contribution in [0.2, 0.25) is 0 Å². The van der Waals surface area contributed by atoms with E-state index in [1.165, 1.54) is 0 Å². The molecule has 0 aromatic heterocycles. The molecular weight excluding hydrogens is 926 g/mol. The summed E-state index contributed by atoms with van der Waals surface area (Å²) >= 11 is 6.22. The molecule has 4 rings (SSSR count). The van der Waals surface area contributed by atoms with Gasteiger partial charge in [0.1, 0.15) is 31.2 Å². The number of nitro groups is 2. The predicted octanol–water partition coefficient (Wildman–Crippen LogP) is 6.60. The van der Waals surface area contributed by atoms with Crippen LogP contribution < -0.4 is 0 Å². The summed E-state index contributed by atoms with van der Waals surface area (Å²) in [5.41, 5.74) is -10.3. The molecular formula is C32H28Br2F6N2O11S2. The maximum atomic E-state index is 14.2. The zero-order chi connectivity index (χ0) is 41.4. The lowest BCUT2D eigenvalue weighted by atomic mass is 9.78. The molecule has 55 heavy (non-hydrogen) atoms. The highest BCUT2D eigenvalue weighted by Gasteiger charge is 2.60. The summed E-state index contributed by atoms with van der Waals surface area (Å²) in [4.78, 5) is 23.6. The van der Waals surface area contributed by atoms with E-state index in [2.05, 4.69) is 31.9 Å². The molecule has 0 fully saturated rings. The van der Waals surface area contributed by atoms with Crippen molar-refractivity contribution in [2.24, 2.45) is 0 Å². The molecule has 0 bridgehead atoms. The summed E-state index contributed by atoms with van der Waals surface area (Å²) in [6, 6.07) is 7.09. The third kappa shape index (κ3) is 9.33. The van der Waals surface area contributed by atoms with Gasteiger partial charge in [-0.15, -0.1) is 0 Å². The van der Waals surface area contributed by atoms with Gasteiger partial charge in [0, 0.05) is 45.6 Å². The zero-order valence-electron chi connectivity index (χ0n) is 28.1. The molecule has 0 spiro atoms. The Morgan fingerprint density at radius 2 is 1.00 bits per heavy atom. The van der Waals surface area contributed by atoms with Gasteiger partial charge < -0.3 is 14.2 Å². The standard InChI is InChI=1S/C32H28Br2F6N2O11S2/c1-54(47,48)17-15-51-27-25(33)23(11-13-29(27,41(43)44)19-7-3-5-9-21(19)31(35,36)37)53-24-12-14-30(42(45)46,20-8-4-6-10-22(20)32(38,39)40)28(26(24)34)52-16-18-55(2,49)50/h3-14,27-28H,15-18H2,1-2H3. The number of hydrogen-bond donors (Lipinski definition) is 0. The molecule has 0 heterocycles. The lowest BCUT2D eigenvalue weighted by Crippen LogP contribution is -2.50. The van der Waals surface area contributed by atoms with Gasteiger partial charge in [0.2, 0.25) is 0 Å². The van der Waals surface area contributed by atoms with Gasteiger partial charge in [-0.05, 0) is 56.1 Å². The van der Waals surface area contributed by atoms with Crippen molar-refractivity contribution in [2.45, 2.75) is 35.6 Å². The Morgan fingerprint density at radius 1 is 0.673 bits per heavy atom. The molecule has 4 unspecified atom stereocenters. The number of sulfone groups is 2. The van der Waals surface area contributed by atoms with Crippen LogP contribution in [0.25, 0.3) is 0 Å². The van der Waals surface area contributed by atoms with Crippen LogP contribution in [0.5, 0.6) is 0 Å². The normalized spacial score (nSPS) is 23.6. The molecule has 23 heteroatoms. The van der Waals surface area contributed by atoms with Gasteiger partial charge in [0.15, 0.2) is 12.2 Å². The molecule has 0 aliphatic heterocycles. The van der Waals surface area contributed by atoms with Crippen LogP contribution in [-0.4, -0.2) is 76.1 Å². The average molecular weight is 955 g/mol. The van der Waals surface area contributed by atoms with Crippen molar-refractivity contribution in [3.63, 3.8) is 0 Å². The van der Waals surface area contributed by atoms with E-state index in [9.17, 15) is 63.4 Å². The molecule has 4 atom stereocenters. The van der Waals surface area contributed by atoms with E-state index in [0.29, 0.717) is 24.3 Å². The van der Waals surface area contributed by atoms with E-state index in [-0.39, 0.29) is 0 Å². The summed E-state index contributed by atoms with van der Waals surface area (Å²) in [5, 5.41) is 25.8. The molecule has 2 aliphatic carbocycles. The van der Waals surface area contributed by atoms with Crippen LogP contribution in [0.1, 0.15) is 22.3 Å². The van der Waals surface area contributed by atoms with Gasteiger partial charge in [-0.1, -0.05) is 36.4 Å². The van der Waals surface area contributed by atoms with Crippen molar-refractivity contribution in [3.8, 4) is 0 Å². The third-order valence-electron chi connectivity index (χ3n) is 8.34. The van der Waals surface area contributed by atoms with Gasteiger partial charge in [0.05, 0.1) is 44.8 Å². The van der Waals surface area contributed by atoms with Gasteiger partial charge in [-0.25, -0.2) is 16.8 Å². The Morgan fingerprint density at radius 3 is 1.29 bits per heavy atom. The number of ether oxygens (including phenoxy) is 3. The first-order valence-electron chi connectivity index (χ1n) is 15.3. The van der Waals surface area contributed by atoms with Gasteiger partial charge in [-0.3, -0.25) is 20.2 Å². The predicted molar refractivity (Wildman–Crippen MR) is 190 cm³/mol. The lowest BCUT2D eigenvalue weighted by molar-refractivity contribution is -0.576. The Labute approximate surface area is 326 Å². The molecule has 0 saturated carbocycles.